The molecule has 136 valence electrons. The molecule has 2 heterocycles. The topological polar surface area (TPSA) is 23.6 Å². The minimum absolute atomic E-state index is 0.128. The number of anilines is 1. The van der Waals surface area contributed by atoms with E-state index in [4.69, 9.17) is 0 Å². The van der Waals surface area contributed by atoms with Crippen LogP contribution in [0.25, 0.3) is 0 Å². The number of benzene rings is 2. The summed E-state index contributed by atoms with van der Waals surface area (Å²) in [5, 5.41) is 0. The molecule has 2 aromatic carbocycles. The number of nitrogens with zero attached hydrogens (tertiary/aromatic N) is 2. The molecule has 0 aliphatic carbocycles. The van der Waals surface area contributed by atoms with Crippen LogP contribution >= 0.6 is 0 Å². The first-order chi connectivity index (χ1) is 12.8. The minimum Gasteiger partial charge on any atom is -0.312 e. The first-order valence-electron chi connectivity index (χ1n) is 9.90. The van der Waals surface area contributed by atoms with Crippen LogP contribution in [0.3, 0.4) is 0 Å². The summed E-state index contributed by atoms with van der Waals surface area (Å²) in [4.78, 5) is 17.9. The molecule has 2 fully saturated rings. The first kappa shape index (κ1) is 17.3. The highest BCUT2D eigenvalue weighted by Gasteiger charge is 2.45. The lowest BCUT2D eigenvalue weighted by molar-refractivity contribution is -0.133. The summed E-state index contributed by atoms with van der Waals surface area (Å²) < 4.78 is 0. The van der Waals surface area contributed by atoms with Crippen molar-refractivity contribution in [1.82, 2.24) is 4.90 Å². The zero-order valence-electron chi connectivity index (χ0n) is 15.4. The fourth-order valence-electron chi connectivity index (χ4n) is 4.53. The molecule has 3 heteroatoms. The quantitative estimate of drug-likeness (QED) is 0.829. The van der Waals surface area contributed by atoms with Crippen LogP contribution in [0.4, 0.5) is 5.69 Å². The Kier molecular flexibility index (Phi) is 5.07. The molecular formula is C23H28N2O. The van der Waals surface area contributed by atoms with Gasteiger partial charge >= 0.3 is 0 Å². The van der Waals surface area contributed by atoms with Crippen LogP contribution in [0.2, 0.25) is 0 Å². The number of carbonyl (C=O) groups excluding carboxylic acids is 1. The Bertz CT molecular complexity index is 720. The molecule has 2 aliphatic heterocycles. The largest absolute Gasteiger partial charge is 0.312 e. The van der Waals surface area contributed by atoms with Gasteiger partial charge in [-0.2, -0.15) is 0 Å². The summed E-state index contributed by atoms with van der Waals surface area (Å²) in [7, 11) is 0. The van der Waals surface area contributed by atoms with Gasteiger partial charge in [-0.25, -0.2) is 0 Å². The molecule has 1 amide bonds. The zero-order chi connectivity index (χ0) is 17.8. The maximum absolute atomic E-state index is 13.3. The summed E-state index contributed by atoms with van der Waals surface area (Å²) in [6.45, 7) is 4.04. The Morgan fingerprint density at radius 1 is 0.808 bits per heavy atom. The van der Waals surface area contributed by atoms with Crippen molar-refractivity contribution >= 4 is 11.6 Å². The fourth-order valence-corrected chi connectivity index (χ4v) is 4.53. The van der Waals surface area contributed by atoms with Gasteiger partial charge in [0, 0.05) is 18.8 Å². The molecule has 0 bridgehead atoms. The van der Waals surface area contributed by atoms with Gasteiger partial charge in [0.25, 0.3) is 0 Å². The second-order valence-electron chi connectivity index (χ2n) is 7.75. The standard InChI is InChI=1S/C23H28N2O/c26-22-23(13-7-16-25(22)21-10-5-2-6-11-21)14-18-24(19-15-23)17-12-20-8-3-1-4-9-20/h1-6,8-11H,7,12-19H2. The van der Waals surface area contributed by atoms with E-state index < -0.39 is 0 Å². The van der Waals surface area contributed by atoms with E-state index in [1.54, 1.807) is 0 Å². The van der Waals surface area contributed by atoms with Crippen LogP contribution in [0, 0.1) is 5.41 Å². The Balaban J connectivity index is 1.37. The molecule has 4 rings (SSSR count). The number of carbonyl (C=O) groups is 1. The third kappa shape index (κ3) is 3.54. The van der Waals surface area contributed by atoms with Crippen molar-refractivity contribution in [1.29, 1.82) is 0 Å². The predicted octanol–water partition coefficient (Wildman–Crippen LogP) is 4.14. The molecule has 1 spiro atoms. The summed E-state index contributed by atoms with van der Waals surface area (Å²) in [5.41, 5.74) is 2.33. The van der Waals surface area contributed by atoms with E-state index in [1.165, 1.54) is 5.56 Å². The van der Waals surface area contributed by atoms with Crippen LogP contribution in [0.1, 0.15) is 31.2 Å². The number of para-hydroxylation sites is 1. The van der Waals surface area contributed by atoms with E-state index >= 15 is 0 Å². The van der Waals surface area contributed by atoms with Gasteiger partial charge in [0.15, 0.2) is 0 Å². The van der Waals surface area contributed by atoms with Crippen LogP contribution in [0.5, 0.6) is 0 Å². The Labute approximate surface area is 156 Å². The molecule has 0 saturated carbocycles. The van der Waals surface area contributed by atoms with Crippen molar-refractivity contribution in [3.8, 4) is 0 Å². The average molecular weight is 348 g/mol. The van der Waals surface area contributed by atoms with Crippen molar-refractivity contribution in [3.63, 3.8) is 0 Å². The van der Waals surface area contributed by atoms with Gasteiger partial charge in [-0.1, -0.05) is 48.5 Å². The molecule has 26 heavy (non-hydrogen) atoms. The number of hydrogen-bond donors (Lipinski definition) is 0. The van der Waals surface area contributed by atoms with Crippen molar-refractivity contribution < 1.29 is 4.79 Å². The molecule has 0 atom stereocenters. The summed E-state index contributed by atoms with van der Waals surface area (Å²) in [6, 6.07) is 20.9. The van der Waals surface area contributed by atoms with Gasteiger partial charge in [-0.15, -0.1) is 0 Å². The number of piperidine rings is 2. The molecule has 0 N–H and O–H groups in total. The van der Waals surface area contributed by atoms with Gasteiger partial charge in [0.2, 0.25) is 5.91 Å². The number of likely N-dealkylation sites (tertiary alicyclic amines) is 1. The number of rotatable bonds is 4. The second kappa shape index (κ2) is 7.63. The van der Waals surface area contributed by atoms with Crippen molar-refractivity contribution in [2.75, 3.05) is 31.1 Å². The normalized spacial score (nSPS) is 20.5. The van der Waals surface area contributed by atoms with E-state index in [0.717, 1.165) is 64.0 Å². The van der Waals surface area contributed by atoms with Crippen molar-refractivity contribution in [2.45, 2.75) is 32.1 Å². The maximum atomic E-state index is 13.3. The molecule has 2 aromatic rings. The summed E-state index contributed by atoms with van der Waals surface area (Å²) in [5.74, 6) is 0.359. The van der Waals surface area contributed by atoms with E-state index in [-0.39, 0.29) is 5.41 Å². The van der Waals surface area contributed by atoms with Crippen LogP contribution in [0.15, 0.2) is 60.7 Å². The highest BCUT2D eigenvalue weighted by Crippen LogP contribution is 2.42. The molecule has 2 aliphatic rings. The fraction of sp³-hybridized carbons (Fsp3) is 0.435. The molecule has 0 unspecified atom stereocenters. The minimum atomic E-state index is -0.128. The van der Waals surface area contributed by atoms with Gasteiger partial charge in [0.1, 0.15) is 0 Å². The molecule has 2 saturated heterocycles. The third-order valence-electron chi connectivity index (χ3n) is 6.18. The van der Waals surface area contributed by atoms with E-state index in [2.05, 4.69) is 47.4 Å². The van der Waals surface area contributed by atoms with Crippen molar-refractivity contribution in [2.24, 2.45) is 5.41 Å². The molecular weight excluding hydrogens is 320 g/mol. The first-order valence-corrected chi connectivity index (χ1v) is 9.90. The van der Waals surface area contributed by atoms with E-state index in [1.807, 2.05) is 23.1 Å². The van der Waals surface area contributed by atoms with Crippen LogP contribution in [-0.4, -0.2) is 37.0 Å². The second-order valence-corrected chi connectivity index (χ2v) is 7.75. The monoisotopic (exact) mass is 348 g/mol. The zero-order valence-corrected chi connectivity index (χ0v) is 15.4. The van der Waals surface area contributed by atoms with Gasteiger partial charge < -0.3 is 9.80 Å². The van der Waals surface area contributed by atoms with Gasteiger partial charge in [-0.3, -0.25) is 4.79 Å². The predicted molar refractivity (Wildman–Crippen MR) is 106 cm³/mol. The number of amides is 1. The van der Waals surface area contributed by atoms with Gasteiger partial charge in [0.05, 0.1) is 5.41 Å². The van der Waals surface area contributed by atoms with E-state index in [0.29, 0.717) is 5.91 Å². The smallest absolute Gasteiger partial charge is 0.233 e. The highest BCUT2D eigenvalue weighted by molar-refractivity contribution is 5.98. The summed E-state index contributed by atoms with van der Waals surface area (Å²) in [6.07, 6.45) is 5.28. The van der Waals surface area contributed by atoms with Gasteiger partial charge in [-0.05, 0) is 62.9 Å². The van der Waals surface area contributed by atoms with Crippen molar-refractivity contribution in [3.05, 3.63) is 66.2 Å². The third-order valence-corrected chi connectivity index (χ3v) is 6.18. The average Bonchev–Trinajstić information content (AvgIpc) is 2.71. The Hall–Kier alpha value is -2.13. The lowest BCUT2D eigenvalue weighted by atomic mass is 9.71. The SMILES string of the molecule is O=C1N(c2ccccc2)CCCC12CCN(CCc1ccccc1)CC2. The molecule has 0 radical (unpaired) electrons. The van der Waals surface area contributed by atoms with Crippen LogP contribution < -0.4 is 4.90 Å². The lowest BCUT2D eigenvalue weighted by Gasteiger charge is -2.46. The Morgan fingerprint density at radius 2 is 1.46 bits per heavy atom. The lowest BCUT2D eigenvalue weighted by Crippen LogP contribution is -2.54. The number of hydrogen-bond acceptors (Lipinski definition) is 2. The Morgan fingerprint density at radius 3 is 2.15 bits per heavy atom. The molecule has 3 nitrogen and oxygen atoms in total. The maximum Gasteiger partial charge on any atom is 0.233 e. The van der Waals surface area contributed by atoms with Crippen LogP contribution in [-0.2, 0) is 11.2 Å². The molecule has 0 aromatic heterocycles. The van der Waals surface area contributed by atoms with E-state index in [9.17, 15) is 4.79 Å². The summed E-state index contributed by atoms with van der Waals surface area (Å²) >= 11 is 0. The highest BCUT2D eigenvalue weighted by atomic mass is 16.2.